The monoisotopic (exact) mass is 384 g/mol. The van der Waals surface area contributed by atoms with Gasteiger partial charge in [-0.25, -0.2) is 4.79 Å². The number of benzene rings is 4. The SMILES string of the molecule is O=C(O)c1cccc2cccc(OCc3ccc(OCc4ccccc4)cc3)c12. The average Bonchev–Trinajstić information content (AvgIpc) is 2.77. The number of rotatable bonds is 7. The van der Waals surface area contributed by atoms with Crippen LogP contribution in [0.3, 0.4) is 0 Å². The summed E-state index contributed by atoms with van der Waals surface area (Å²) in [7, 11) is 0. The number of carboxylic acid groups (broad SMARTS) is 1. The van der Waals surface area contributed by atoms with Crippen LogP contribution in [0.25, 0.3) is 10.8 Å². The molecule has 144 valence electrons. The molecule has 0 heterocycles. The first-order valence-corrected chi connectivity index (χ1v) is 9.34. The Kier molecular flexibility index (Phi) is 5.43. The van der Waals surface area contributed by atoms with Crippen molar-refractivity contribution in [3.8, 4) is 11.5 Å². The Morgan fingerprint density at radius 1 is 0.690 bits per heavy atom. The van der Waals surface area contributed by atoms with Gasteiger partial charge >= 0.3 is 5.97 Å². The minimum atomic E-state index is -0.966. The second-order valence-corrected chi connectivity index (χ2v) is 6.67. The summed E-state index contributed by atoms with van der Waals surface area (Å²) in [6.07, 6.45) is 0. The van der Waals surface area contributed by atoms with Gasteiger partial charge in [-0.3, -0.25) is 0 Å². The van der Waals surface area contributed by atoms with Crippen molar-refractivity contribution in [1.29, 1.82) is 0 Å². The molecule has 29 heavy (non-hydrogen) atoms. The highest BCUT2D eigenvalue weighted by Crippen LogP contribution is 2.30. The van der Waals surface area contributed by atoms with Gasteiger partial charge in [0.2, 0.25) is 0 Å². The van der Waals surface area contributed by atoms with E-state index < -0.39 is 5.97 Å². The van der Waals surface area contributed by atoms with Crippen LogP contribution in [0.15, 0.2) is 91.0 Å². The predicted octanol–water partition coefficient (Wildman–Crippen LogP) is 5.70. The molecule has 4 aromatic rings. The number of hydrogen-bond donors (Lipinski definition) is 1. The van der Waals surface area contributed by atoms with Gasteiger partial charge in [0.1, 0.15) is 24.7 Å². The Balaban J connectivity index is 1.45. The number of ether oxygens (including phenoxy) is 2. The third-order valence-electron chi connectivity index (χ3n) is 4.66. The molecule has 0 radical (unpaired) electrons. The Hall–Kier alpha value is -3.79. The van der Waals surface area contributed by atoms with Crippen molar-refractivity contribution in [3.63, 3.8) is 0 Å². The molecule has 0 aliphatic rings. The summed E-state index contributed by atoms with van der Waals surface area (Å²) >= 11 is 0. The van der Waals surface area contributed by atoms with Crippen molar-refractivity contribution < 1.29 is 19.4 Å². The van der Waals surface area contributed by atoms with Gasteiger partial charge in [0.25, 0.3) is 0 Å². The maximum atomic E-state index is 11.6. The Bertz CT molecular complexity index is 1110. The summed E-state index contributed by atoms with van der Waals surface area (Å²) in [5, 5.41) is 10.9. The van der Waals surface area contributed by atoms with Gasteiger partial charge in [-0.1, -0.05) is 66.7 Å². The fourth-order valence-corrected chi connectivity index (χ4v) is 3.19. The Labute approximate surface area is 169 Å². The van der Waals surface area contributed by atoms with E-state index in [0.717, 1.165) is 22.3 Å². The first-order valence-electron chi connectivity index (χ1n) is 9.34. The fourth-order valence-electron chi connectivity index (χ4n) is 3.19. The molecule has 0 spiro atoms. The number of carbonyl (C=O) groups is 1. The minimum Gasteiger partial charge on any atom is -0.489 e. The maximum absolute atomic E-state index is 11.6. The molecule has 0 aliphatic carbocycles. The predicted molar refractivity (Wildman–Crippen MR) is 112 cm³/mol. The molecule has 0 fully saturated rings. The van der Waals surface area contributed by atoms with Gasteiger partial charge in [-0.15, -0.1) is 0 Å². The normalized spacial score (nSPS) is 10.6. The molecule has 4 heteroatoms. The highest BCUT2D eigenvalue weighted by atomic mass is 16.5. The van der Waals surface area contributed by atoms with Crippen molar-refractivity contribution in [3.05, 3.63) is 108 Å². The standard InChI is InChI=1S/C25H20O4/c26-25(27)22-10-4-8-20-9-5-11-23(24(20)22)29-17-19-12-14-21(15-13-19)28-16-18-6-2-1-3-7-18/h1-15H,16-17H2,(H,26,27). The molecule has 0 bridgehead atoms. The van der Waals surface area contributed by atoms with Crippen LogP contribution in [0.5, 0.6) is 11.5 Å². The minimum absolute atomic E-state index is 0.239. The van der Waals surface area contributed by atoms with Gasteiger partial charge in [0, 0.05) is 5.39 Å². The quantitative estimate of drug-likeness (QED) is 0.444. The average molecular weight is 384 g/mol. The summed E-state index contributed by atoms with van der Waals surface area (Å²) in [4.78, 5) is 11.6. The van der Waals surface area contributed by atoms with E-state index in [4.69, 9.17) is 9.47 Å². The van der Waals surface area contributed by atoms with Gasteiger partial charge in [-0.2, -0.15) is 0 Å². The summed E-state index contributed by atoms with van der Waals surface area (Å²) in [6.45, 7) is 0.858. The van der Waals surface area contributed by atoms with Crippen molar-refractivity contribution in [2.75, 3.05) is 0 Å². The molecule has 4 rings (SSSR count). The first-order chi connectivity index (χ1) is 14.2. The second-order valence-electron chi connectivity index (χ2n) is 6.67. The van der Waals surface area contributed by atoms with E-state index in [0.29, 0.717) is 24.3 Å². The molecule has 0 atom stereocenters. The van der Waals surface area contributed by atoms with Gasteiger partial charge in [0.15, 0.2) is 0 Å². The van der Waals surface area contributed by atoms with E-state index in [-0.39, 0.29) is 5.56 Å². The van der Waals surface area contributed by atoms with E-state index in [2.05, 4.69) is 0 Å². The van der Waals surface area contributed by atoms with Gasteiger partial charge in [-0.05, 0) is 40.8 Å². The zero-order valence-corrected chi connectivity index (χ0v) is 15.7. The molecule has 0 saturated heterocycles. The Morgan fingerprint density at radius 3 is 2.07 bits per heavy atom. The number of aromatic carboxylic acids is 1. The molecule has 1 N–H and O–H groups in total. The lowest BCUT2D eigenvalue weighted by Gasteiger charge is -2.12. The molecule has 0 saturated carbocycles. The third-order valence-corrected chi connectivity index (χ3v) is 4.66. The molecule has 0 amide bonds. The van der Waals surface area contributed by atoms with Crippen LogP contribution >= 0.6 is 0 Å². The van der Waals surface area contributed by atoms with Crippen LogP contribution in [0.1, 0.15) is 21.5 Å². The van der Waals surface area contributed by atoms with Crippen LogP contribution in [0.4, 0.5) is 0 Å². The summed E-state index contributed by atoms with van der Waals surface area (Å²) in [6, 6.07) is 28.5. The largest absolute Gasteiger partial charge is 0.489 e. The third kappa shape index (κ3) is 4.38. The summed E-state index contributed by atoms with van der Waals surface area (Å²) in [5.41, 5.74) is 2.33. The van der Waals surface area contributed by atoms with Crippen molar-refractivity contribution in [1.82, 2.24) is 0 Å². The lowest BCUT2D eigenvalue weighted by Crippen LogP contribution is -2.01. The van der Waals surface area contributed by atoms with Gasteiger partial charge < -0.3 is 14.6 Å². The molecular formula is C25H20O4. The zero-order chi connectivity index (χ0) is 20.1. The topological polar surface area (TPSA) is 55.8 Å². The van der Waals surface area contributed by atoms with Gasteiger partial charge in [0.05, 0.1) is 5.56 Å². The first kappa shape index (κ1) is 18.6. The second kappa shape index (κ2) is 8.48. The maximum Gasteiger partial charge on any atom is 0.336 e. The molecule has 0 aromatic heterocycles. The van der Waals surface area contributed by atoms with E-state index in [1.54, 1.807) is 18.2 Å². The van der Waals surface area contributed by atoms with Crippen LogP contribution < -0.4 is 9.47 Å². The van der Waals surface area contributed by atoms with Crippen LogP contribution in [0.2, 0.25) is 0 Å². The van der Waals surface area contributed by atoms with Crippen molar-refractivity contribution >= 4 is 16.7 Å². The van der Waals surface area contributed by atoms with E-state index in [9.17, 15) is 9.90 Å². The van der Waals surface area contributed by atoms with Crippen LogP contribution in [-0.4, -0.2) is 11.1 Å². The molecule has 0 unspecified atom stereocenters. The number of carboxylic acids is 1. The smallest absolute Gasteiger partial charge is 0.336 e. The van der Waals surface area contributed by atoms with E-state index in [1.807, 2.05) is 72.8 Å². The zero-order valence-electron chi connectivity index (χ0n) is 15.7. The highest BCUT2D eigenvalue weighted by molar-refractivity contribution is 6.06. The summed E-state index contributed by atoms with van der Waals surface area (Å²) < 4.78 is 11.8. The molecule has 4 aromatic carbocycles. The van der Waals surface area contributed by atoms with E-state index >= 15 is 0 Å². The summed E-state index contributed by atoms with van der Waals surface area (Å²) in [5.74, 6) is 0.382. The molecule has 4 nitrogen and oxygen atoms in total. The highest BCUT2D eigenvalue weighted by Gasteiger charge is 2.12. The number of hydrogen-bond acceptors (Lipinski definition) is 3. The fraction of sp³-hybridized carbons (Fsp3) is 0.0800. The van der Waals surface area contributed by atoms with Crippen molar-refractivity contribution in [2.24, 2.45) is 0 Å². The molecule has 0 aliphatic heterocycles. The lowest BCUT2D eigenvalue weighted by atomic mass is 10.0. The number of fused-ring (bicyclic) bond motifs is 1. The van der Waals surface area contributed by atoms with E-state index in [1.165, 1.54) is 0 Å². The van der Waals surface area contributed by atoms with Crippen LogP contribution in [0, 0.1) is 0 Å². The Morgan fingerprint density at radius 2 is 1.34 bits per heavy atom. The lowest BCUT2D eigenvalue weighted by molar-refractivity contribution is 0.0698. The van der Waals surface area contributed by atoms with Crippen LogP contribution in [-0.2, 0) is 13.2 Å². The molecular weight excluding hydrogens is 364 g/mol. The van der Waals surface area contributed by atoms with Crippen molar-refractivity contribution in [2.45, 2.75) is 13.2 Å².